The standard InChI is InChI=1S/C14H13BF/c1-11(12-5-3-2-4-6-12)15-13-7-9-14(16)10-8-13/h2-11H,1H3/q-1. The van der Waals surface area contributed by atoms with Crippen molar-refractivity contribution in [3.63, 3.8) is 0 Å². The Balaban J connectivity index is 2.08. The van der Waals surface area contributed by atoms with Crippen LogP contribution in [0, 0.1) is 5.82 Å². The molecule has 0 bridgehead atoms. The first kappa shape index (κ1) is 10.9. The first-order chi connectivity index (χ1) is 7.75. The van der Waals surface area contributed by atoms with E-state index in [-0.39, 0.29) is 5.82 Å². The highest BCUT2D eigenvalue weighted by Gasteiger charge is 1.93. The lowest BCUT2D eigenvalue weighted by atomic mass is 9.58. The smallest absolute Gasteiger partial charge is 0.122 e. The first-order valence-corrected chi connectivity index (χ1v) is 5.41. The Morgan fingerprint density at radius 1 is 0.938 bits per heavy atom. The van der Waals surface area contributed by atoms with E-state index in [4.69, 9.17) is 0 Å². The summed E-state index contributed by atoms with van der Waals surface area (Å²) in [7, 11) is 2.13. The van der Waals surface area contributed by atoms with Crippen LogP contribution in [0.25, 0.3) is 0 Å². The molecule has 0 nitrogen and oxygen atoms in total. The highest BCUT2D eigenvalue weighted by molar-refractivity contribution is 6.54. The summed E-state index contributed by atoms with van der Waals surface area (Å²) in [5.41, 5.74) is 2.32. The molecule has 1 atom stereocenters. The lowest BCUT2D eigenvalue weighted by molar-refractivity contribution is 0.628. The molecule has 16 heavy (non-hydrogen) atoms. The third-order valence-corrected chi connectivity index (χ3v) is 2.64. The fraction of sp³-hybridized carbons (Fsp3) is 0.143. The van der Waals surface area contributed by atoms with Crippen LogP contribution in [0.3, 0.4) is 0 Å². The molecule has 0 aliphatic carbocycles. The van der Waals surface area contributed by atoms with Gasteiger partial charge in [0.1, 0.15) is 5.82 Å². The van der Waals surface area contributed by atoms with Crippen LogP contribution in [0.4, 0.5) is 4.39 Å². The van der Waals surface area contributed by atoms with Gasteiger partial charge in [0.25, 0.3) is 0 Å². The molecule has 0 fully saturated rings. The second-order valence-electron chi connectivity index (χ2n) is 3.92. The normalized spacial score (nSPS) is 12.4. The predicted molar refractivity (Wildman–Crippen MR) is 66.6 cm³/mol. The predicted octanol–water partition coefficient (Wildman–Crippen LogP) is 2.92. The van der Waals surface area contributed by atoms with Crippen LogP contribution in [-0.2, 0) is 0 Å². The van der Waals surface area contributed by atoms with Crippen LogP contribution in [-0.4, -0.2) is 7.28 Å². The summed E-state index contributed by atoms with van der Waals surface area (Å²) in [5, 5.41) is 0. The van der Waals surface area contributed by atoms with Crippen molar-refractivity contribution in [2.24, 2.45) is 0 Å². The largest absolute Gasteiger partial charge is 0.287 e. The molecule has 2 heteroatoms. The van der Waals surface area contributed by atoms with Gasteiger partial charge in [0.2, 0.25) is 0 Å². The Kier molecular flexibility index (Phi) is 3.40. The fourth-order valence-electron chi connectivity index (χ4n) is 1.72. The molecule has 2 radical (unpaired) electrons. The number of hydrogen-bond acceptors (Lipinski definition) is 0. The van der Waals surface area contributed by atoms with E-state index in [1.54, 1.807) is 12.1 Å². The van der Waals surface area contributed by atoms with Gasteiger partial charge in [-0.15, -0.1) is 12.1 Å². The Morgan fingerprint density at radius 2 is 1.56 bits per heavy atom. The summed E-state index contributed by atoms with van der Waals surface area (Å²) < 4.78 is 12.7. The topological polar surface area (TPSA) is 0 Å². The SMILES string of the molecule is CC([B-]c1ccc(F)cc1)c1ccccc1. The summed E-state index contributed by atoms with van der Waals surface area (Å²) in [6, 6.07) is 16.9. The van der Waals surface area contributed by atoms with E-state index in [9.17, 15) is 4.39 Å². The minimum absolute atomic E-state index is 0.190. The van der Waals surface area contributed by atoms with E-state index < -0.39 is 0 Å². The van der Waals surface area contributed by atoms with Gasteiger partial charge < -0.3 is 0 Å². The van der Waals surface area contributed by atoms with Crippen LogP contribution < -0.4 is 5.46 Å². The maximum atomic E-state index is 12.7. The van der Waals surface area contributed by atoms with Crippen molar-refractivity contribution in [1.29, 1.82) is 0 Å². The van der Waals surface area contributed by atoms with Crippen LogP contribution in [0.5, 0.6) is 0 Å². The molecule has 0 spiro atoms. The van der Waals surface area contributed by atoms with Crippen molar-refractivity contribution < 1.29 is 4.39 Å². The van der Waals surface area contributed by atoms with Crippen molar-refractivity contribution >= 4 is 12.7 Å². The Hall–Kier alpha value is -1.57. The number of rotatable bonds is 3. The lowest BCUT2D eigenvalue weighted by Gasteiger charge is -2.25. The minimum Gasteiger partial charge on any atom is -0.287 e. The molecule has 2 rings (SSSR count). The molecule has 0 aliphatic rings. The van der Waals surface area contributed by atoms with E-state index in [2.05, 4.69) is 26.3 Å². The quantitative estimate of drug-likeness (QED) is 0.684. The van der Waals surface area contributed by atoms with Gasteiger partial charge in [0.05, 0.1) is 0 Å². The number of benzene rings is 2. The van der Waals surface area contributed by atoms with Crippen LogP contribution in [0.15, 0.2) is 54.6 Å². The highest BCUT2D eigenvalue weighted by Crippen LogP contribution is 2.12. The van der Waals surface area contributed by atoms with Crippen molar-refractivity contribution in [1.82, 2.24) is 0 Å². The van der Waals surface area contributed by atoms with Gasteiger partial charge in [-0.05, 0) is 12.1 Å². The monoisotopic (exact) mass is 211 g/mol. The Morgan fingerprint density at radius 3 is 2.19 bits per heavy atom. The van der Waals surface area contributed by atoms with Crippen LogP contribution in [0.1, 0.15) is 18.3 Å². The van der Waals surface area contributed by atoms with Gasteiger partial charge in [-0.25, -0.2) is 10.2 Å². The van der Waals surface area contributed by atoms with Gasteiger partial charge in [-0.1, -0.05) is 42.8 Å². The molecule has 0 aromatic heterocycles. The first-order valence-electron chi connectivity index (χ1n) is 5.41. The van der Waals surface area contributed by atoms with Crippen LogP contribution in [0.2, 0.25) is 0 Å². The maximum Gasteiger partial charge on any atom is 0.122 e. The second kappa shape index (κ2) is 4.97. The molecular formula is C14H13BF-. The zero-order valence-electron chi connectivity index (χ0n) is 9.23. The summed E-state index contributed by atoms with van der Waals surface area (Å²) in [5.74, 6) is 0.149. The van der Waals surface area contributed by atoms with E-state index >= 15 is 0 Å². The molecule has 80 valence electrons. The van der Waals surface area contributed by atoms with Gasteiger partial charge >= 0.3 is 0 Å². The molecule has 1 unspecified atom stereocenters. The lowest BCUT2D eigenvalue weighted by Crippen LogP contribution is -2.19. The van der Waals surface area contributed by atoms with Crippen LogP contribution >= 0.6 is 0 Å². The zero-order chi connectivity index (χ0) is 11.4. The van der Waals surface area contributed by atoms with Gasteiger partial charge in [-0.2, -0.15) is 0 Å². The third kappa shape index (κ3) is 2.72. The van der Waals surface area contributed by atoms with E-state index in [1.165, 1.54) is 17.7 Å². The summed E-state index contributed by atoms with van der Waals surface area (Å²) in [6.45, 7) is 2.14. The average molecular weight is 211 g/mol. The van der Waals surface area contributed by atoms with Gasteiger partial charge in [0.15, 0.2) is 0 Å². The highest BCUT2D eigenvalue weighted by atomic mass is 19.1. The number of hydrogen-bond donors (Lipinski definition) is 0. The number of halogens is 1. The average Bonchev–Trinajstić information content (AvgIpc) is 2.33. The zero-order valence-corrected chi connectivity index (χ0v) is 9.23. The molecule has 0 heterocycles. The van der Waals surface area contributed by atoms with E-state index in [1.807, 2.05) is 18.2 Å². The van der Waals surface area contributed by atoms with E-state index in [0.717, 1.165) is 5.46 Å². The second-order valence-corrected chi connectivity index (χ2v) is 3.92. The fourth-order valence-corrected chi connectivity index (χ4v) is 1.72. The van der Waals surface area contributed by atoms with Crippen molar-refractivity contribution in [2.45, 2.75) is 12.7 Å². The summed E-state index contributed by atoms with van der Waals surface area (Å²) in [4.78, 5) is 0. The molecule has 0 aliphatic heterocycles. The van der Waals surface area contributed by atoms with Crippen molar-refractivity contribution in [2.75, 3.05) is 0 Å². The summed E-state index contributed by atoms with van der Waals surface area (Å²) in [6.07, 6.45) is 0. The minimum atomic E-state index is -0.190. The maximum absolute atomic E-state index is 12.7. The molecule has 0 saturated heterocycles. The molecular weight excluding hydrogens is 198 g/mol. The third-order valence-electron chi connectivity index (χ3n) is 2.64. The van der Waals surface area contributed by atoms with Crippen molar-refractivity contribution in [3.8, 4) is 0 Å². The van der Waals surface area contributed by atoms with Gasteiger partial charge in [-0.3, -0.25) is 12.7 Å². The molecule has 0 saturated carbocycles. The molecule has 2 aromatic rings. The molecule has 2 aromatic carbocycles. The molecule has 0 amide bonds. The van der Waals surface area contributed by atoms with Crippen molar-refractivity contribution in [3.05, 3.63) is 66.0 Å². The summed E-state index contributed by atoms with van der Waals surface area (Å²) >= 11 is 0. The Labute approximate surface area is 96.4 Å². The Bertz CT molecular complexity index is 436. The van der Waals surface area contributed by atoms with Gasteiger partial charge in [0, 0.05) is 0 Å². The van der Waals surface area contributed by atoms with E-state index in [0.29, 0.717) is 5.82 Å². The molecule has 0 N–H and O–H groups in total.